The second-order valence-corrected chi connectivity index (χ2v) is 6.33. The molecule has 0 amide bonds. The number of nitrogens with zero attached hydrogens (tertiary/aromatic N) is 3. The molecule has 1 aliphatic rings. The van der Waals surface area contributed by atoms with Crippen molar-refractivity contribution in [1.29, 1.82) is 0 Å². The van der Waals surface area contributed by atoms with Gasteiger partial charge in [-0.15, -0.1) is 10.2 Å². The zero-order chi connectivity index (χ0) is 14.1. The molecule has 1 aliphatic heterocycles. The highest BCUT2D eigenvalue weighted by Gasteiger charge is 2.16. The van der Waals surface area contributed by atoms with E-state index in [1.54, 1.807) is 0 Å². The molecule has 1 N–H and O–H groups in total. The van der Waals surface area contributed by atoms with Crippen molar-refractivity contribution in [2.75, 3.05) is 5.32 Å². The lowest BCUT2D eigenvalue weighted by atomic mass is 10.2. The molecule has 0 unspecified atom stereocenters. The lowest BCUT2D eigenvalue weighted by molar-refractivity contribution is 0.510. The number of rotatable bonds is 3. The summed E-state index contributed by atoms with van der Waals surface area (Å²) in [6.45, 7) is 1.58. The van der Waals surface area contributed by atoms with E-state index in [0.29, 0.717) is 16.6 Å². The van der Waals surface area contributed by atoms with E-state index in [9.17, 15) is 0 Å². The Morgan fingerprint density at radius 1 is 1.20 bits per heavy atom. The molecule has 1 aromatic carbocycles. The number of fused-ring (bicyclic) bond motifs is 1. The molecule has 0 atom stereocenters. The third-order valence-corrected chi connectivity index (χ3v) is 5.18. The fourth-order valence-corrected chi connectivity index (χ4v) is 3.18. The van der Waals surface area contributed by atoms with Crippen molar-refractivity contribution in [1.82, 2.24) is 14.8 Å². The third kappa shape index (κ3) is 2.67. The Morgan fingerprint density at radius 3 is 2.90 bits per heavy atom. The molecule has 7 heteroatoms. The molecule has 0 fully saturated rings. The molecule has 20 heavy (non-hydrogen) atoms. The van der Waals surface area contributed by atoms with Gasteiger partial charge in [0.05, 0.1) is 22.3 Å². The minimum Gasteiger partial charge on any atom is -0.376 e. The van der Waals surface area contributed by atoms with Gasteiger partial charge in [0.1, 0.15) is 5.82 Å². The van der Waals surface area contributed by atoms with E-state index >= 15 is 0 Å². The zero-order valence-corrected chi connectivity index (χ0v) is 13.8. The molecule has 106 valence electrons. The van der Waals surface area contributed by atoms with Crippen LogP contribution in [0.15, 0.2) is 16.6 Å². The first-order chi connectivity index (χ1) is 9.66. The van der Waals surface area contributed by atoms with Gasteiger partial charge in [-0.05, 0) is 40.9 Å². The number of halogens is 3. The van der Waals surface area contributed by atoms with Crippen LogP contribution in [0, 0.1) is 0 Å². The molecule has 0 bridgehead atoms. The SMILES string of the molecule is Clc1c(Br)ccc(NCc2nnc3n2CCCC3)c1Cl. The molecule has 1 aromatic heterocycles. The van der Waals surface area contributed by atoms with Crippen molar-refractivity contribution >= 4 is 44.8 Å². The summed E-state index contributed by atoms with van der Waals surface area (Å²) in [6.07, 6.45) is 3.39. The summed E-state index contributed by atoms with van der Waals surface area (Å²) in [4.78, 5) is 0. The molecule has 3 rings (SSSR count). The van der Waals surface area contributed by atoms with Gasteiger partial charge in [0.25, 0.3) is 0 Å². The van der Waals surface area contributed by atoms with Crippen LogP contribution in [0.5, 0.6) is 0 Å². The van der Waals surface area contributed by atoms with Gasteiger partial charge in [0.15, 0.2) is 5.82 Å². The van der Waals surface area contributed by atoms with Gasteiger partial charge in [0.2, 0.25) is 0 Å². The monoisotopic (exact) mass is 374 g/mol. The van der Waals surface area contributed by atoms with Gasteiger partial charge in [-0.1, -0.05) is 23.2 Å². The summed E-state index contributed by atoms with van der Waals surface area (Å²) < 4.78 is 2.97. The quantitative estimate of drug-likeness (QED) is 0.813. The Bertz CT molecular complexity index is 642. The van der Waals surface area contributed by atoms with Gasteiger partial charge in [-0.3, -0.25) is 0 Å². The fourth-order valence-electron chi connectivity index (χ4n) is 2.34. The number of aromatic nitrogens is 3. The first-order valence-corrected chi connectivity index (χ1v) is 8.00. The highest BCUT2D eigenvalue weighted by Crippen LogP contribution is 2.35. The van der Waals surface area contributed by atoms with Gasteiger partial charge >= 0.3 is 0 Å². The van der Waals surface area contributed by atoms with E-state index in [0.717, 1.165) is 34.8 Å². The molecule has 0 spiro atoms. The number of aryl methyl sites for hydroxylation is 1. The predicted octanol–water partition coefficient (Wildman–Crippen LogP) is 4.30. The van der Waals surface area contributed by atoms with Crippen LogP contribution in [0.2, 0.25) is 10.0 Å². The lowest BCUT2D eigenvalue weighted by Gasteiger charge is -2.15. The van der Waals surface area contributed by atoms with Crippen molar-refractivity contribution in [3.63, 3.8) is 0 Å². The lowest BCUT2D eigenvalue weighted by Crippen LogP contribution is -2.15. The summed E-state index contributed by atoms with van der Waals surface area (Å²) in [5, 5.41) is 12.8. The van der Waals surface area contributed by atoms with E-state index in [1.807, 2.05) is 12.1 Å². The molecular formula is C13H13BrCl2N4. The van der Waals surface area contributed by atoms with E-state index in [4.69, 9.17) is 23.2 Å². The average Bonchev–Trinajstić information content (AvgIpc) is 2.87. The Balaban J connectivity index is 1.77. The maximum absolute atomic E-state index is 6.21. The van der Waals surface area contributed by atoms with Crippen molar-refractivity contribution in [3.8, 4) is 0 Å². The van der Waals surface area contributed by atoms with Crippen molar-refractivity contribution in [2.24, 2.45) is 0 Å². The maximum Gasteiger partial charge on any atom is 0.152 e. The third-order valence-electron chi connectivity index (χ3n) is 3.41. The van der Waals surface area contributed by atoms with Crippen LogP contribution in [-0.4, -0.2) is 14.8 Å². The standard InChI is InChI=1S/C13H13BrCl2N4/c14-8-4-5-9(13(16)12(8)15)17-7-11-19-18-10-3-1-2-6-20(10)11/h4-5,17H,1-3,6-7H2. The molecule has 0 aliphatic carbocycles. The van der Waals surface area contributed by atoms with E-state index in [-0.39, 0.29) is 0 Å². The van der Waals surface area contributed by atoms with Crippen LogP contribution in [-0.2, 0) is 19.5 Å². The highest BCUT2D eigenvalue weighted by atomic mass is 79.9. The predicted molar refractivity (Wildman–Crippen MR) is 84.4 cm³/mol. The van der Waals surface area contributed by atoms with Crippen LogP contribution >= 0.6 is 39.1 Å². The molecule has 2 aromatic rings. The highest BCUT2D eigenvalue weighted by molar-refractivity contribution is 9.10. The summed E-state index contributed by atoms with van der Waals surface area (Å²) in [7, 11) is 0. The molecule has 0 saturated carbocycles. The maximum atomic E-state index is 6.21. The van der Waals surface area contributed by atoms with Crippen LogP contribution in [0.1, 0.15) is 24.5 Å². The Morgan fingerprint density at radius 2 is 2.05 bits per heavy atom. The van der Waals surface area contributed by atoms with E-state index in [1.165, 1.54) is 12.8 Å². The van der Waals surface area contributed by atoms with Crippen molar-refractivity contribution < 1.29 is 0 Å². The molecule has 4 nitrogen and oxygen atoms in total. The summed E-state index contributed by atoms with van der Waals surface area (Å²) in [6, 6.07) is 3.77. The van der Waals surface area contributed by atoms with Gasteiger partial charge in [0, 0.05) is 17.4 Å². The first-order valence-electron chi connectivity index (χ1n) is 6.45. The Labute approximate surface area is 135 Å². The Hall–Kier alpha value is -0.780. The number of nitrogens with one attached hydrogen (secondary N) is 1. The average molecular weight is 376 g/mol. The zero-order valence-electron chi connectivity index (χ0n) is 10.7. The molecule has 2 heterocycles. The first kappa shape index (κ1) is 14.2. The second kappa shape index (κ2) is 5.92. The van der Waals surface area contributed by atoms with Gasteiger partial charge in [-0.25, -0.2) is 0 Å². The summed E-state index contributed by atoms with van der Waals surface area (Å²) in [5.41, 5.74) is 0.799. The smallest absolute Gasteiger partial charge is 0.152 e. The van der Waals surface area contributed by atoms with Gasteiger partial charge in [-0.2, -0.15) is 0 Å². The minimum absolute atomic E-state index is 0.513. The molecule has 0 saturated heterocycles. The van der Waals surface area contributed by atoms with E-state index in [2.05, 4.69) is 36.0 Å². The fraction of sp³-hybridized carbons (Fsp3) is 0.385. The van der Waals surface area contributed by atoms with E-state index < -0.39 is 0 Å². The van der Waals surface area contributed by atoms with Crippen LogP contribution < -0.4 is 5.32 Å². The minimum atomic E-state index is 0.513. The second-order valence-electron chi connectivity index (χ2n) is 4.72. The number of hydrogen-bond acceptors (Lipinski definition) is 3. The van der Waals surface area contributed by atoms with Crippen molar-refractivity contribution in [2.45, 2.75) is 32.4 Å². The normalized spacial score (nSPS) is 14.2. The topological polar surface area (TPSA) is 42.7 Å². The van der Waals surface area contributed by atoms with Gasteiger partial charge < -0.3 is 9.88 Å². The number of benzene rings is 1. The van der Waals surface area contributed by atoms with Crippen LogP contribution in [0.4, 0.5) is 5.69 Å². The molecular weight excluding hydrogens is 363 g/mol. The van der Waals surface area contributed by atoms with Crippen molar-refractivity contribution in [3.05, 3.63) is 38.3 Å². The Kier molecular flexibility index (Phi) is 4.19. The summed E-state index contributed by atoms with van der Waals surface area (Å²) in [5.74, 6) is 2.02. The van der Waals surface area contributed by atoms with Crippen LogP contribution in [0.25, 0.3) is 0 Å². The largest absolute Gasteiger partial charge is 0.376 e. The number of hydrogen-bond donors (Lipinski definition) is 1. The summed E-state index contributed by atoms with van der Waals surface area (Å²) >= 11 is 15.7. The van der Waals surface area contributed by atoms with Crippen LogP contribution in [0.3, 0.4) is 0 Å². The number of anilines is 1. The molecule has 0 radical (unpaired) electrons.